The summed E-state index contributed by atoms with van der Waals surface area (Å²) in [7, 11) is -6.91. The number of sulfonamides is 1. The predicted octanol–water partition coefficient (Wildman–Crippen LogP) is 1.94. The lowest BCUT2D eigenvalue weighted by atomic mass is 10.0. The van der Waals surface area contributed by atoms with Crippen LogP contribution in [0.15, 0.2) is 48.5 Å². The Hall–Kier alpha value is -1.98. The summed E-state index contributed by atoms with van der Waals surface area (Å²) in [6.07, 6.45) is 1.99. The van der Waals surface area contributed by atoms with Crippen molar-refractivity contribution in [1.82, 2.24) is 4.31 Å². The average molecular weight is 470 g/mol. The monoisotopic (exact) mass is 469 g/mol. The zero-order valence-electron chi connectivity index (χ0n) is 17.6. The van der Waals surface area contributed by atoms with E-state index in [1.165, 1.54) is 10.6 Å². The smallest absolute Gasteiger partial charge is 0.264 e. The van der Waals surface area contributed by atoms with E-state index in [1.54, 1.807) is 6.07 Å². The molecule has 0 radical (unpaired) electrons. The molecule has 0 aliphatic carbocycles. The van der Waals surface area contributed by atoms with E-state index in [4.69, 9.17) is 13.7 Å². The third kappa shape index (κ3) is 7.58. The maximum absolute atomic E-state index is 11.8. The van der Waals surface area contributed by atoms with Gasteiger partial charge >= 0.3 is 0 Å². The molecule has 1 aliphatic rings. The second-order valence-electron chi connectivity index (χ2n) is 7.51. The second kappa shape index (κ2) is 10.1. The molecule has 0 N–H and O–H groups in total. The summed E-state index contributed by atoms with van der Waals surface area (Å²) >= 11 is 0. The molecule has 1 aliphatic heterocycles. The van der Waals surface area contributed by atoms with Crippen LogP contribution >= 0.6 is 0 Å². The van der Waals surface area contributed by atoms with Gasteiger partial charge in [0.2, 0.25) is 10.0 Å². The summed E-state index contributed by atoms with van der Waals surface area (Å²) in [6.45, 7) is 1.14. The number of fused-ring (bicyclic) bond motifs is 1. The van der Waals surface area contributed by atoms with Crippen LogP contribution in [0.2, 0.25) is 0 Å². The maximum atomic E-state index is 11.8. The summed E-state index contributed by atoms with van der Waals surface area (Å²) in [5.41, 5.74) is 2.91. The standard InChI is InChI=1S/C21H27NO7S2/c1-30(23,24)22-11-10-18-12-20(9-8-19(18)13-22)28-16-21(29-31(2,25)26)15-27-14-17-6-4-3-5-7-17/h3-9,12,21H,10-11,13-16H2,1-2H3. The lowest BCUT2D eigenvalue weighted by Crippen LogP contribution is -2.35. The molecule has 1 heterocycles. The van der Waals surface area contributed by atoms with Crippen molar-refractivity contribution in [3.8, 4) is 5.75 Å². The summed E-state index contributed by atoms with van der Waals surface area (Å²) in [6, 6.07) is 15.0. The van der Waals surface area contributed by atoms with Crippen LogP contribution in [0.1, 0.15) is 16.7 Å². The van der Waals surface area contributed by atoms with E-state index in [0.717, 1.165) is 22.9 Å². The molecule has 2 aromatic carbocycles. The second-order valence-corrected chi connectivity index (χ2v) is 11.1. The van der Waals surface area contributed by atoms with Gasteiger partial charge < -0.3 is 9.47 Å². The van der Waals surface area contributed by atoms with Crippen molar-refractivity contribution < 1.29 is 30.5 Å². The molecule has 10 heteroatoms. The molecule has 170 valence electrons. The van der Waals surface area contributed by atoms with E-state index in [9.17, 15) is 16.8 Å². The van der Waals surface area contributed by atoms with Gasteiger partial charge in [0.1, 0.15) is 18.5 Å². The van der Waals surface area contributed by atoms with Crippen molar-refractivity contribution in [1.29, 1.82) is 0 Å². The largest absolute Gasteiger partial charge is 0.491 e. The zero-order chi connectivity index (χ0) is 22.5. The fraction of sp³-hybridized carbons (Fsp3) is 0.429. The van der Waals surface area contributed by atoms with E-state index in [1.807, 2.05) is 42.5 Å². The molecular weight excluding hydrogens is 442 g/mol. The summed E-state index contributed by atoms with van der Waals surface area (Å²) in [5.74, 6) is 0.566. The van der Waals surface area contributed by atoms with Gasteiger partial charge in [0.25, 0.3) is 10.1 Å². The first kappa shape index (κ1) is 23.7. The molecule has 2 aromatic rings. The van der Waals surface area contributed by atoms with Crippen molar-refractivity contribution >= 4 is 20.1 Å². The normalized spacial score (nSPS) is 15.9. The molecular formula is C21H27NO7S2. The highest BCUT2D eigenvalue weighted by Crippen LogP contribution is 2.25. The van der Waals surface area contributed by atoms with Crippen LogP contribution in [0.3, 0.4) is 0 Å². The molecule has 1 unspecified atom stereocenters. The molecule has 8 nitrogen and oxygen atoms in total. The maximum Gasteiger partial charge on any atom is 0.264 e. The van der Waals surface area contributed by atoms with Crippen LogP contribution in [-0.2, 0) is 48.6 Å². The first-order valence-electron chi connectivity index (χ1n) is 9.80. The molecule has 1 atom stereocenters. The number of ether oxygens (including phenoxy) is 2. The molecule has 0 saturated heterocycles. The van der Waals surface area contributed by atoms with Crippen LogP contribution in [0.5, 0.6) is 5.75 Å². The van der Waals surface area contributed by atoms with Gasteiger partial charge in [0, 0.05) is 13.1 Å². The Labute approximate surface area is 183 Å². The van der Waals surface area contributed by atoms with E-state index in [0.29, 0.717) is 31.9 Å². The summed E-state index contributed by atoms with van der Waals surface area (Å²) in [4.78, 5) is 0. The third-order valence-corrected chi connectivity index (χ3v) is 6.66. The zero-order valence-corrected chi connectivity index (χ0v) is 19.2. The van der Waals surface area contributed by atoms with E-state index in [2.05, 4.69) is 0 Å². The van der Waals surface area contributed by atoms with Gasteiger partial charge in [-0.2, -0.15) is 12.7 Å². The Morgan fingerprint density at radius 1 is 0.968 bits per heavy atom. The van der Waals surface area contributed by atoms with Crippen LogP contribution in [0.25, 0.3) is 0 Å². The molecule has 0 fully saturated rings. The average Bonchev–Trinajstić information content (AvgIpc) is 2.70. The molecule has 0 spiro atoms. The third-order valence-electron chi connectivity index (χ3n) is 4.79. The van der Waals surface area contributed by atoms with Crippen LogP contribution < -0.4 is 4.74 Å². The molecule has 0 saturated carbocycles. The van der Waals surface area contributed by atoms with Crippen LogP contribution in [0.4, 0.5) is 0 Å². The number of nitrogens with zero attached hydrogens (tertiary/aromatic N) is 1. The Balaban J connectivity index is 1.59. The highest BCUT2D eigenvalue weighted by molar-refractivity contribution is 7.88. The van der Waals surface area contributed by atoms with Crippen LogP contribution in [-0.4, -0.2) is 59.5 Å². The predicted molar refractivity (Wildman–Crippen MR) is 117 cm³/mol. The number of benzene rings is 2. The van der Waals surface area contributed by atoms with Crippen molar-refractivity contribution in [3.63, 3.8) is 0 Å². The highest BCUT2D eigenvalue weighted by atomic mass is 32.2. The fourth-order valence-corrected chi connectivity index (χ4v) is 4.70. The Bertz CT molecular complexity index is 1090. The van der Waals surface area contributed by atoms with Gasteiger partial charge in [-0.25, -0.2) is 8.42 Å². The minimum absolute atomic E-state index is 0.00386. The van der Waals surface area contributed by atoms with E-state index in [-0.39, 0.29) is 13.2 Å². The lowest BCUT2D eigenvalue weighted by Gasteiger charge is -2.27. The van der Waals surface area contributed by atoms with Crippen molar-refractivity contribution in [3.05, 3.63) is 65.2 Å². The topological polar surface area (TPSA) is 99.2 Å². The summed E-state index contributed by atoms with van der Waals surface area (Å²) < 4.78 is 64.7. The molecule has 3 rings (SSSR count). The van der Waals surface area contributed by atoms with E-state index < -0.39 is 26.2 Å². The van der Waals surface area contributed by atoms with Gasteiger partial charge in [0.05, 0.1) is 25.7 Å². The lowest BCUT2D eigenvalue weighted by molar-refractivity contribution is 0.0221. The van der Waals surface area contributed by atoms with Gasteiger partial charge in [-0.15, -0.1) is 0 Å². The Morgan fingerprint density at radius 2 is 1.71 bits per heavy atom. The first-order valence-corrected chi connectivity index (χ1v) is 13.5. The van der Waals surface area contributed by atoms with Gasteiger partial charge in [-0.05, 0) is 35.2 Å². The summed E-state index contributed by atoms with van der Waals surface area (Å²) in [5, 5.41) is 0. The minimum atomic E-state index is -3.68. The van der Waals surface area contributed by atoms with Crippen molar-refractivity contribution in [2.75, 3.05) is 32.3 Å². The first-order chi connectivity index (χ1) is 14.6. The SMILES string of the molecule is CS(=O)(=O)OC(COCc1ccccc1)COc1ccc2c(c1)CCN(S(C)(=O)=O)C2. The molecule has 0 aromatic heterocycles. The molecule has 0 bridgehead atoms. The minimum Gasteiger partial charge on any atom is -0.491 e. The molecule has 0 amide bonds. The fourth-order valence-electron chi connectivity index (χ4n) is 3.30. The highest BCUT2D eigenvalue weighted by Gasteiger charge is 2.23. The van der Waals surface area contributed by atoms with Crippen LogP contribution in [0, 0.1) is 0 Å². The van der Waals surface area contributed by atoms with Gasteiger partial charge in [-0.3, -0.25) is 4.18 Å². The van der Waals surface area contributed by atoms with Crippen molar-refractivity contribution in [2.45, 2.75) is 25.7 Å². The molecule has 31 heavy (non-hydrogen) atoms. The number of hydrogen-bond acceptors (Lipinski definition) is 7. The Morgan fingerprint density at radius 3 is 2.39 bits per heavy atom. The van der Waals surface area contributed by atoms with E-state index >= 15 is 0 Å². The number of hydrogen-bond donors (Lipinski definition) is 0. The Kier molecular flexibility index (Phi) is 7.71. The quantitative estimate of drug-likeness (QED) is 0.490. The number of rotatable bonds is 10. The van der Waals surface area contributed by atoms with Gasteiger partial charge in [-0.1, -0.05) is 36.4 Å². The van der Waals surface area contributed by atoms with Crippen molar-refractivity contribution in [2.24, 2.45) is 0 Å². The van der Waals surface area contributed by atoms with Gasteiger partial charge in [0.15, 0.2) is 0 Å².